The van der Waals surface area contributed by atoms with Gasteiger partial charge in [0.15, 0.2) is 0 Å². The number of hydrogen-bond donors (Lipinski definition) is 1. The molecule has 1 fully saturated rings. The number of ether oxygens (including phenoxy) is 1. The van der Waals surface area contributed by atoms with Crippen LogP contribution < -0.4 is 5.73 Å². The molecule has 0 radical (unpaired) electrons. The van der Waals surface area contributed by atoms with Crippen molar-refractivity contribution in [2.75, 3.05) is 13.2 Å². The van der Waals surface area contributed by atoms with E-state index >= 15 is 0 Å². The van der Waals surface area contributed by atoms with Crippen molar-refractivity contribution in [2.24, 2.45) is 5.73 Å². The van der Waals surface area contributed by atoms with Gasteiger partial charge in [-0.25, -0.2) is 0 Å². The molecule has 8 heavy (non-hydrogen) atoms. The third-order valence-corrected chi connectivity index (χ3v) is 2.28. The minimum absolute atomic E-state index is 0.295. The fraction of sp³-hybridized carbons (Fsp3) is 1.00. The number of halogens is 1. The second-order valence-electron chi connectivity index (χ2n) is 2.04. The monoisotopic (exact) mass is 179 g/mol. The summed E-state index contributed by atoms with van der Waals surface area (Å²) in [4.78, 5) is 0.372. The molecule has 0 aromatic rings. The topological polar surface area (TPSA) is 35.2 Å². The highest BCUT2D eigenvalue weighted by atomic mass is 79.9. The molecule has 0 aliphatic carbocycles. The van der Waals surface area contributed by atoms with Crippen LogP contribution in [0.25, 0.3) is 0 Å². The van der Waals surface area contributed by atoms with Crippen LogP contribution in [0, 0.1) is 0 Å². The molecule has 0 spiro atoms. The standard InChI is InChI=1S/C5H10BrNO/c6-4-3-8-2-1-5(4)7/h4-5H,1-3,7H2/t4-,5-/m1/s1. The molecule has 2 atom stereocenters. The van der Waals surface area contributed by atoms with E-state index in [9.17, 15) is 0 Å². The predicted molar refractivity (Wildman–Crippen MR) is 36.1 cm³/mol. The summed E-state index contributed by atoms with van der Waals surface area (Å²) in [7, 11) is 0. The van der Waals surface area contributed by atoms with Crippen LogP contribution in [0.15, 0.2) is 0 Å². The van der Waals surface area contributed by atoms with Gasteiger partial charge in [-0.05, 0) is 6.42 Å². The number of nitrogens with two attached hydrogens (primary N) is 1. The second-order valence-corrected chi connectivity index (χ2v) is 3.22. The van der Waals surface area contributed by atoms with Crippen LogP contribution in [0.1, 0.15) is 6.42 Å². The molecule has 0 aromatic heterocycles. The van der Waals surface area contributed by atoms with Crippen LogP contribution in [0.4, 0.5) is 0 Å². The van der Waals surface area contributed by atoms with Gasteiger partial charge in [0.2, 0.25) is 0 Å². The van der Waals surface area contributed by atoms with Crippen LogP contribution in [0.5, 0.6) is 0 Å². The number of alkyl halides is 1. The maximum Gasteiger partial charge on any atom is 0.0606 e. The van der Waals surface area contributed by atoms with Crippen LogP contribution in [0.2, 0.25) is 0 Å². The van der Waals surface area contributed by atoms with Crippen molar-refractivity contribution in [1.29, 1.82) is 0 Å². The molecule has 1 saturated heterocycles. The minimum atomic E-state index is 0.295. The first-order valence-electron chi connectivity index (χ1n) is 2.78. The van der Waals surface area contributed by atoms with Crippen molar-refractivity contribution < 1.29 is 4.74 Å². The molecular formula is C5H10BrNO. The SMILES string of the molecule is N[C@@H]1CCOC[C@H]1Br. The van der Waals surface area contributed by atoms with E-state index in [0.29, 0.717) is 10.9 Å². The molecule has 1 aliphatic rings. The first kappa shape index (κ1) is 6.52. The Labute approximate surface area is 57.5 Å². The molecule has 1 rings (SSSR count). The summed E-state index contributed by atoms with van der Waals surface area (Å²) in [6, 6.07) is 0.295. The van der Waals surface area contributed by atoms with Gasteiger partial charge in [-0.1, -0.05) is 15.9 Å². The minimum Gasteiger partial charge on any atom is -0.380 e. The molecule has 0 aromatic carbocycles. The van der Waals surface area contributed by atoms with E-state index in [1.165, 1.54) is 0 Å². The summed E-state index contributed by atoms with van der Waals surface area (Å²) in [5.74, 6) is 0. The average Bonchev–Trinajstić information content (AvgIpc) is 1.77. The van der Waals surface area contributed by atoms with E-state index in [0.717, 1.165) is 19.6 Å². The highest BCUT2D eigenvalue weighted by Gasteiger charge is 2.18. The maximum atomic E-state index is 5.65. The number of rotatable bonds is 0. The van der Waals surface area contributed by atoms with E-state index in [1.54, 1.807) is 0 Å². The van der Waals surface area contributed by atoms with Gasteiger partial charge in [-0.15, -0.1) is 0 Å². The highest BCUT2D eigenvalue weighted by molar-refractivity contribution is 9.09. The first-order valence-corrected chi connectivity index (χ1v) is 3.69. The molecule has 0 amide bonds. The molecule has 0 unspecified atom stereocenters. The Morgan fingerprint density at radius 3 is 2.75 bits per heavy atom. The molecule has 3 heteroatoms. The van der Waals surface area contributed by atoms with Crippen molar-refractivity contribution in [2.45, 2.75) is 17.3 Å². The van der Waals surface area contributed by atoms with Gasteiger partial charge in [0.05, 0.1) is 11.4 Å². The van der Waals surface area contributed by atoms with Gasteiger partial charge in [-0.3, -0.25) is 0 Å². The van der Waals surface area contributed by atoms with Crippen molar-refractivity contribution >= 4 is 15.9 Å². The fourth-order valence-electron chi connectivity index (χ4n) is 0.720. The fourth-order valence-corrected chi connectivity index (χ4v) is 1.17. The zero-order chi connectivity index (χ0) is 5.98. The first-order chi connectivity index (χ1) is 3.80. The Kier molecular flexibility index (Phi) is 2.28. The highest BCUT2D eigenvalue weighted by Crippen LogP contribution is 2.12. The van der Waals surface area contributed by atoms with Crippen molar-refractivity contribution in [3.8, 4) is 0 Å². The van der Waals surface area contributed by atoms with E-state index < -0.39 is 0 Å². The normalized spacial score (nSPS) is 39.8. The lowest BCUT2D eigenvalue weighted by atomic mass is 10.1. The Morgan fingerprint density at radius 1 is 1.62 bits per heavy atom. The summed E-state index contributed by atoms with van der Waals surface area (Å²) in [6.07, 6.45) is 0.982. The maximum absolute atomic E-state index is 5.65. The van der Waals surface area contributed by atoms with Crippen molar-refractivity contribution in [3.63, 3.8) is 0 Å². The average molecular weight is 180 g/mol. The van der Waals surface area contributed by atoms with Gasteiger partial charge in [-0.2, -0.15) is 0 Å². The van der Waals surface area contributed by atoms with Gasteiger partial charge >= 0.3 is 0 Å². The van der Waals surface area contributed by atoms with E-state index in [1.807, 2.05) is 0 Å². The van der Waals surface area contributed by atoms with Crippen molar-refractivity contribution in [3.05, 3.63) is 0 Å². The molecule has 1 aliphatic heterocycles. The molecule has 0 bridgehead atoms. The van der Waals surface area contributed by atoms with E-state index in [4.69, 9.17) is 10.5 Å². The van der Waals surface area contributed by atoms with E-state index in [-0.39, 0.29) is 0 Å². The third kappa shape index (κ3) is 1.44. The second kappa shape index (κ2) is 2.80. The summed E-state index contributed by atoms with van der Waals surface area (Å²) in [5, 5.41) is 0. The number of hydrogen-bond acceptors (Lipinski definition) is 2. The van der Waals surface area contributed by atoms with E-state index in [2.05, 4.69) is 15.9 Å². The van der Waals surface area contributed by atoms with Crippen molar-refractivity contribution in [1.82, 2.24) is 0 Å². The lowest BCUT2D eigenvalue weighted by Crippen LogP contribution is -2.38. The van der Waals surface area contributed by atoms with Gasteiger partial charge in [0.1, 0.15) is 0 Å². The summed E-state index contributed by atoms with van der Waals surface area (Å²) in [6.45, 7) is 1.59. The Hall–Kier alpha value is 0.400. The smallest absolute Gasteiger partial charge is 0.0606 e. The summed E-state index contributed by atoms with van der Waals surface area (Å²) >= 11 is 3.40. The molecule has 48 valence electrons. The lowest BCUT2D eigenvalue weighted by molar-refractivity contribution is 0.0932. The Morgan fingerprint density at radius 2 is 2.38 bits per heavy atom. The summed E-state index contributed by atoms with van der Waals surface area (Å²) < 4.78 is 5.13. The van der Waals surface area contributed by atoms with Crippen LogP contribution in [0.3, 0.4) is 0 Å². The zero-order valence-electron chi connectivity index (χ0n) is 4.64. The third-order valence-electron chi connectivity index (χ3n) is 1.34. The van der Waals surface area contributed by atoms with Gasteiger partial charge < -0.3 is 10.5 Å². The lowest BCUT2D eigenvalue weighted by Gasteiger charge is -2.23. The Bertz CT molecular complexity index is 68.8. The van der Waals surface area contributed by atoms with Crippen LogP contribution in [-0.2, 0) is 4.74 Å². The molecule has 1 heterocycles. The predicted octanol–water partition coefficient (Wildman–Crippen LogP) is 0.497. The molecular weight excluding hydrogens is 170 g/mol. The quantitative estimate of drug-likeness (QED) is 0.551. The zero-order valence-corrected chi connectivity index (χ0v) is 6.23. The van der Waals surface area contributed by atoms with Crippen LogP contribution >= 0.6 is 15.9 Å². The summed E-state index contributed by atoms with van der Waals surface area (Å²) in [5.41, 5.74) is 5.65. The van der Waals surface area contributed by atoms with Gasteiger partial charge in [0.25, 0.3) is 0 Å². The largest absolute Gasteiger partial charge is 0.380 e. The molecule has 0 saturated carbocycles. The molecule has 2 nitrogen and oxygen atoms in total. The molecule has 2 N–H and O–H groups in total. The Balaban J connectivity index is 2.28. The van der Waals surface area contributed by atoms with Crippen LogP contribution in [-0.4, -0.2) is 24.1 Å². The van der Waals surface area contributed by atoms with Gasteiger partial charge in [0, 0.05) is 12.6 Å².